The monoisotopic (exact) mass is 438 g/mol. The van der Waals surface area contributed by atoms with Gasteiger partial charge in [-0.15, -0.1) is 0 Å². The van der Waals surface area contributed by atoms with Gasteiger partial charge in [0.1, 0.15) is 12.4 Å². The molecule has 1 aliphatic rings. The summed E-state index contributed by atoms with van der Waals surface area (Å²) in [5.74, 6) is 0.927. The molecule has 0 unspecified atom stereocenters. The molecule has 164 valence electrons. The number of ether oxygens (including phenoxy) is 3. The summed E-state index contributed by atoms with van der Waals surface area (Å²) in [6.07, 6.45) is 0. The quantitative estimate of drug-likeness (QED) is 0.473. The molecule has 0 saturated carbocycles. The Hall–Kier alpha value is -4.08. The van der Waals surface area contributed by atoms with Crippen LogP contribution in [0.4, 0.5) is 4.39 Å². The Morgan fingerprint density at radius 1 is 1.00 bits per heavy atom. The molecule has 3 heterocycles. The van der Waals surface area contributed by atoms with E-state index in [2.05, 4.69) is 4.98 Å². The van der Waals surface area contributed by atoms with Crippen LogP contribution in [0.15, 0.2) is 52.1 Å². The lowest BCUT2D eigenvalue weighted by atomic mass is 10.2. The molecule has 0 atom stereocenters. The summed E-state index contributed by atoms with van der Waals surface area (Å²) < 4.78 is 33.6. The summed E-state index contributed by atoms with van der Waals surface area (Å²) in [7, 11) is 3.19. The fourth-order valence-electron chi connectivity index (χ4n) is 3.64. The summed E-state index contributed by atoms with van der Waals surface area (Å²) in [4.78, 5) is 30.3. The first-order chi connectivity index (χ1) is 15.4. The number of rotatable bonds is 5. The number of hydrogen-bond donors (Lipinski definition) is 0. The van der Waals surface area contributed by atoms with Crippen molar-refractivity contribution in [2.24, 2.45) is 14.1 Å². The molecule has 0 spiro atoms. The molecule has 0 bridgehead atoms. The molecule has 0 fully saturated rings. The molecule has 0 amide bonds. The van der Waals surface area contributed by atoms with E-state index in [1.54, 1.807) is 20.2 Å². The number of hydrogen-bond acceptors (Lipinski definition) is 6. The van der Waals surface area contributed by atoms with Crippen molar-refractivity contribution in [3.63, 3.8) is 0 Å². The third-order valence-electron chi connectivity index (χ3n) is 5.38. The van der Waals surface area contributed by atoms with E-state index in [4.69, 9.17) is 14.2 Å². The predicted octanol–water partition coefficient (Wildman–Crippen LogP) is 1.93. The summed E-state index contributed by atoms with van der Waals surface area (Å²) in [5.41, 5.74) is 0.899. The minimum Gasteiger partial charge on any atom is -0.460 e. The number of imidazole rings is 1. The third kappa shape index (κ3) is 3.29. The van der Waals surface area contributed by atoms with Crippen LogP contribution in [0.5, 0.6) is 17.5 Å². The average molecular weight is 438 g/mol. The number of halogens is 1. The Labute approximate surface area is 180 Å². The van der Waals surface area contributed by atoms with Gasteiger partial charge >= 0.3 is 5.69 Å². The fraction of sp³-hybridized carbons (Fsp3) is 0.227. The van der Waals surface area contributed by atoms with Crippen molar-refractivity contribution in [1.82, 2.24) is 18.7 Å². The minimum absolute atomic E-state index is 0.0142. The maximum Gasteiger partial charge on any atom is 0.332 e. The first-order valence-electron chi connectivity index (χ1n) is 9.84. The van der Waals surface area contributed by atoms with Gasteiger partial charge in [0.05, 0.1) is 6.54 Å². The van der Waals surface area contributed by atoms with Gasteiger partial charge < -0.3 is 14.2 Å². The standard InChI is InChI=1S/C22H19FN4O5/c1-25-18-19(24-21(25)30-11-14-5-8-16-17(9-14)32-12-31-16)26(2)22(29)27(20(18)28)10-13-3-6-15(23)7-4-13/h3-9H,10-12H2,1-2H3. The largest absolute Gasteiger partial charge is 0.460 e. The van der Waals surface area contributed by atoms with Gasteiger partial charge in [-0.3, -0.25) is 18.5 Å². The maximum absolute atomic E-state index is 13.2. The van der Waals surface area contributed by atoms with Gasteiger partial charge in [0, 0.05) is 14.1 Å². The zero-order chi connectivity index (χ0) is 22.4. The first kappa shape index (κ1) is 19.9. The molecule has 32 heavy (non-hydrogen) atoms. The molecule has 0 N–H and O–H groups in total. The second-order valence-electron chi connectivity index (χ2n) is 7.46. The van der Waals surface area contributed by atoms with Crippen LogP contribution in [0.3, 0.4) is 0 Å². The number of benzene rings is 2. The average Bonchev–Trinajstić information content (AvgIpc) is 3.39. The van der Waals surface area contributed by atoms with Crippen LogP contribution < -0.4 is 25.5 Å². The lowest BCUT2D eigenvalue weighted by Crippen LogP contribution is -2.39. The van der Waals surface area contributed by atoms with Crippen LogP contribution in [-0.2, 0) is 27.2 Å². The van der Waals surface area contributed by atoms with Crippen molar-refractivity contribution in [2.45, 2.75) is 13.2 Å². The number of nitrogens with zero attached hydrogens (tertiary/aromatic N) is 4. The van der Waals surface area contributed by atoms with Crippen molar-refractivity contribution in [2.75, 3.05) is 6.79 Å². The van der Waals surface area contributed by atoms with Gasteiger partial charge in [-0.2, -0.15) is 4.98 Å². The molecule has 2 aromatic carbocycles. The molecule has 9 nitrogen and oxygen atoms in total. The second-order valence-corrected chi connectivity index (χ2v) is 7.46. The van der Waals surface area contributed by atoms with Gasteiger partial charge in [-0.25, -0.2) is 9.18 Å². The van der Waals surface area contributed by atoms with Crippen LogP contribution in [0, 0.1) is 5.82 Å². The molecular formula is C22H19FN4O5. The summed E-state index contributed by atoms with van der Waals surface area (Å²) in [6.45, 7) is 0.383. The molecular weight excluding hydrogens is 419 g/mol. The van der Waals surface area contributed by atoms with Crippen molar-refractivity contribution >= 4 is 11.2 Å². The zero-order valence-electron chi connectivity index (χ0n) is 17.4. The Bertz CT molecular complexity index is 1450. The first-order valence-corrected chi connectivity index (χ1v) is 9.84. The van der Waals surface area contributed by atoms with Gasteiger partial charge in [0.25, 0.3) is 11.6 Å². The van der Waals surface area contributed by atoms with Gasteiger partial charge in [-0.05, 0) is 35.4 Å². The fourth-order valence-corrected chi connectivity index (χ4v) is 3.64. The van der Waals surface area contributed by atoms with Crippen LogP contribution in [0.1, 0.15) is 11.1 Å². The highest BCUT2D eigenvalue weighted by Crippen LogP contribution is 2.32. The molecule has 0 radical (unpaired) electrons. The normalized spacial score (nSPS) is 12.5. The van der Waals surface area contributed by atoms with E-state index < -0.39 is 11.2 Å². The smallest absolute Gasteiger partial charge is 0.332 e. The van der Waals surface area contributed by atoms with E-state index in [0.717, 1.165) is 10.1 Å². The second kappa shape index (κ2) is 7.56. The van der Waals surface area contributed by atoms with Crippen LogP contribution in [0.2, 0.25) is 0 Å². The molecule has 4 aromatic rings. The topological polar surface area (TPSA) is 89.5 Å². The highest BCUT2D eigenvalue weighted by atomic mass is 19.1. The molecule has 10 heteroatoms. The minimum atomic E-state index is -0.521. The molecule has 0 aliphatic carbocycles. The summed E-state index contributed by atoms with van der Waals surface area (Å²) >= 11 is 0. The maximum atomic E-state index is 13.2. The van der Waals surface area contributed by atoms with Gasteiger partial charge in [-0.1, -0.05) is 18.2 Å². The molecule has 2 aromatic heterocycles. The van der Waals surface area contributed by atoms with E-state index in [9.17, 15) is 14.0 Å². The highest BCUT2D eigenvalue weighted by Gasteiger charge is 2.20. The SMILES string of the molecule is Cn1c(OCc2ccc3c(c2)OCO3)nc2c1c(=O)n(Cc1ccc(F)cc1)c(=O)n2C. The highest BCUT2D eigenvalue weighted by molar-refractivity contribution is 5.71. The van der Waals surface area contributed by atoms with Crippen LogP contribution in [-0.4, -0.2) is 25.5 Å². The van der Waals surface area contributed by atoms with E-state index in [0.29, 0.717) is 17.1 Å². The van der Waals surface area contributed by atoms with E-state index in [-0.39, 0.29) is 42.9 Å². The van der Waals surface area contributed by atoms with Crippen molar-refractivity contribution in [3.8, 4) is 17.5 Å². The third-order valence-corrected chi connectivity index (χ3v) is 5.38. The van der Waals surface area contributed by atoms with Crippen molar-refractivity contribution in [1.29, 1.82) is 0 Å². The van der Waals surface area contributed by atoms with Crippen molar-refractivity contribution < 1.29 is 18.6 Å². The summed E-state index contributed by atoms with van der Waals surface area (Å²) in [6, 6.07) is 11.3. The van der Waals surface area contributed by atoms with E-state index in [1.807, 2.05) is 12.1 Å². The molecule has 5 rings (SSSR count). The van der Waals surface area contributed by atoms with Crippen molar-refractivity contribution in [3.05, 3.63) is 80.2 Å². The Morgan fingerprint density at radius 3 is 2.50 bits per heavy atom. The Morgan fingerprint density at radius 2 is 1.72 bits per heavy atom. The molecule has 1 aliphatic heterocycles. The zero-order valence-corrected chi connectivity index (χ0v) is 17.4. The Balaban J connectivity index is 1.49. The lowest BCUT2D eigenvalue weighted by molar-refractivity contribution is 0.174. The van der Waals surface area contributed by atoms with Crippen LogP contribution in [0.25, 0.3) is 11.2 Å². The van der Waals surface area contributed by atoms with E-state index >= 15 is 0 Å². The predicted molar refractivity (Wildman–Crippen MR) is 113 cm³/mol. The Kier molecular flexibility index (Phi) is 4.69. The number of aryl methyl sites for hydroxylation is 2. The lowest BCUT2D eigenvalue weighted by Gasteiger charge is -2.09. The van der Waals surface area contributed by atoms with Gasteiger partial charge in [0.2, 0.25) is 6.79 Å². The molecule has 0 saturated heterocycles. The number of fused-ring (bicyclic) bond motifs is 2. The summed E-state index contributed by atoms with van der Waals surface area (Å²) in [5, 5.41) is 0. The van der Waals surface area contributed by atoms with Gasteiger partial charge in [0.15, 0.2) is 22.7 Å². The van der Waals surface area contributed by atoms with E-state index in [1.165, 1.54) is 33.4 Å². The number of aromatic nitrogens is 4. The van der Waals surface area contributed by atoms with Crippen LogP contribution >= 0.6 is 0 Å².